The SMILES string of the molecule is CC1=C(c2cc(F)cc(F)c2)[C@@H](c2ccc(OCCN3CC(CF)C3)cc2)Oc2ccc(O)cc21. The fraction of sp³-hybridized carbons (Fsp3) is 0.286. The molecule has 0 aromatic heterocycles. The maximum absolute atomic E-state index is 14.1. The fourth-order valence-corrected chi connectivity index (χ4v) is 4.74. The van der Waals surface area contributed by atoms with Crippen LogP contribution in [0.15, 0.2) is 60.7 Å². The van der Waals surface area contributed by atoms with Gasteiger partial charge in [-0.3, -0.25) is 9.29 Å². The van der Waals surface area contributed by atoms with Crippen LogP contribution in [0.1, 0.15) is 29.7 Å². The molecule has 3 aromatic rings. The van der Waals surface area contributed by atoms with Crippen molar-refractivity contribution in [3.8, 4) is 17.2 Å². The molecule has 35 heavy (non-hydrogen) atoms. The molecule has 2 heterocycles. The summed E-state index contributed by atoms with van der Waals surface area (Å²) in [5, 5.41) is 9.98. The zero-order valence-corrected chi connectivity index (χ0v) is 19.3. The molecule has 0 saturated carbocycles. The molecule has 182 valence electrons. The van der Waals surface area contributed by atoms with Gasteiger partial charge in [-0.25, -0.2) is 8.78 Å². The van der Waals surface area contributed by atoms with Crippen LogP contribution in [0, 0.1) is 17.6 Å². The zero-order chi connectivity index (χ0) is 24.5. The number of ether oxygens (including phenoxy) is 2. The molecule has 0 radical (unpaired) electrons. The van der Waals surface area contributed by atoms with E-state index in [0.717, 1.165) is 36.8 Å². The van der Waals surface area contributed by atoms with Gasteiger partial charge in [0, 0.05) is 42.8 Å². The maximum Gasteiger partial charge on any atom is 0.150 e. The number of phenolic OH excluding ortho intramolecular Hbond substituents is 1. The van der Waals surface area contributed by atoms with Crippen molar-refractivity contribution in [3.63, 3.8) is 0 Å². The summed E-state index contributed by atoms with van der Waals surface area (Å²) in [6, 6.07) is 15.6. The number of fused-ring (bicyclic) bond motifs is 1. The molecule has 0 unspecified atom stereocenters. The van der Waals surface area contributed by atoms with Crippen LogP contribution >= 0.6 is 0 Å². The number of phenols is 1. The van der Waals surface area contributed by atoms with Gasteiger partial charge in [-0.05, 0) is 66.1 Å². The van der Waals surface area contributed by atoms with Crippen LogP contribution in [0.2, 0.25) is 0 Å². The summed E-state index contributed by atoms with van der Waals surface area (Å²) in [6.07, 6.45) is -0.610. The van der Waals surface area contributed by atoms with Gasteiger partial charge in [0.25, 0.3) is 0 Å². The van der Waals surface area contributed by atoms with Crippen LogP contribution in [0.4, 0.5) is 13.2 Å². The number of hydrogen-bond donors (Lipinski definition) is 1. The molecule has 0 bridgehead atoms. The second-order valence-corrected chi connectivity index (χ2v) is 9.07. The molecule has 0 spiro atoms. The summed E-state index contributed by atoms with van der Waals surface area (Å²) >= 11 is 0. The second-order valence-electron chi connectivity index (χ2n) is 9.07. The Bertz CT molecular complexity index is 1230. The standard InChI is InChI=1S/C28H26F3NO3/c1-17-25-13-23(33)4-7-26(25)35-28(27(17)20-10-21(30)12-22(31)11-20)19-2-5-24(6-3-19)34-9-8-32-15-18(14-29)16-32/h2-7,10-13,18,28,33H,8-9,14-16H2,1H3/t28-/m1/s1. The lowest BCUT2D eigenvalue weighted by molar-refractivity contribution is 0.0668. The number of allylic oxidation sites excluding steroid dienone is 1. The summed E-state index contributed by atoms with van der Waals surface area (Å²) in [7, 11) is 0. The molecule has 2 aliphatic heterocycles. The first-order valence-corrected chi connectivity index (χ1v) is 11.6. The molecule has 0 aliphatic carbocycles. The van der Waals surface area contributed by atoms with Crippen LogP contribution in [0.3, 0.4) is 0 Å². The van der Waals surface area contributed by atoms with Gasteiger partial charge in [0.2, 0.25) is 0 Å². The molecule has 4 nitrogen and oxygen atoms in total. The Morgan fingerprint density at radius 1 is 1.00 bits per heavy atom. The summed E-state index contributed by atoms with van der Waals surface area (Å²) < 4.78 is 52.9. The maximum atomic E-state index is 14.1. The van der Waals surface area contributed by atoms with Crippen molar-refractivity contribution in [1.29, 1.82) is 0 Å². The van der Waals surface area contributed by atoms with Crippen molar-refractivity contribution >= 4 is 11.1 Å². The summed E-state index contributed by atoms with van der Waals surface area (Å²) in [6.45, 7) is 4.36. The predicted octanol–water partition coefficient (Wildman–Crippen LogP) is 6.01. The van der Waals surface area contributed by atoms with Gasteiger partial charge in [0.15, 0.2) is 0 Å². The number of hydrogen-bond acceptors (Lipinski definition) is 4. The predicted molar refractivity (Wildman–Crippen MR) is 128 cm³/mol. The van der Waals surface area contributed by atoms with Crippen molar-refractivity contribution < 1.29 is 27.8 Å². The van der Waals surface area contributed by atoms with Gasteiger partial charge in [-0.15, -0.1) is 0 Å². The third-order valence-electron chi connectivity index (χ3n) is 6.56. The van der Waals surface area contributed by atoms with Gasteiger partial charge in [0.05, 0.1) is 6.67 Å². The van der Waals surface area contributed by atoms with E-state index in [4.69, 9.17) is 9.47 Å². The average Bonchev–Trinajstić information content (AvgIpc) is 2.80. The molecule has 1 N–H and O–H groups in total. The lowest BCUT2D eigenvalue weighted by Crippen LogP contribution is -2.49. The van der Waals surface area contributed by atoms with Gasteiger partial charge >= 0.3 is 0 Å². The van der Waals surface area contributed by atoms with Crippen molar-refractivity contribution in [1.82, 2.24) is 4.90 Å². The van der Waals surface area contributed by atoms with Crippen LogP contribution in [0.5, 0.6) is 17.2 Å². The normalized spacial score (nSPS) is 18.1. The van der Waals surface area contributed by atoms with E-state index in [2.05, 4.69) is 4.90 Å². The first-order valence-electron chi connectivity index (χ1n) is 11.6. The van der Waals surface area contributed by atoms with E-state index in [1.54, 1.807) is 18.2 Å². The lowest BCUT2D eigenvalue weighted by Gasteiger charge is -2.37. The molecule has 7 heteroatoms. The second kappa shape index (κ2) is 9.66. The third-order valence-corrected chi connectivity index (χ3v) is 6.56. The molecule has 5 rings (SSSR count). The quantitative estimate of drug-likeness (QED) is 0.449. The number of rotatable bonds is 7. The fourth-order valence-electron chi connectivity index (χ4n) is 4.74. The molecule has 2 aliphatic rings. The highest BCUT2D eigenvalue weighted by molar-refractivity contribution is 5.95. The molecule has 0 amide bonds. The molecule has 1 atom stereocenters. The van der Waals surface area contributed by atoms with Gasteiger partial charge in [0.1, 0.15) is 41.6 Å². The Morgan fingerprint density at radius 2 is 1.71 bits per heavy atom. The summed E-state index contributed by atoms with van der Waals surface area (Å²) in [4.78, 5) is 2.15. The van der Waals surface area contributed by atoms with Crippen molar-refractivity contribution in [2.24, 2.45) is 5.92 Å². The highest BCUT2D eigenvalue weighted by atomic mass is 19.1. The molecule has 3 aromatic carbocycles. The Labute approximate surface area is 202 Å². The van der Waals surface area contributed by atoms with E-state index < -0.39 is 17.7 Å². The molecular weight excluding hydrogens is 455 g/mol. The van der Waals surface area contributed by atoms with Crippen molar-refractivity contribution in [3.05, 3.63) is 89.0 Å². The molecule has 1 saturated heterocycles. The van der Waals surface area contributed by atoms with Gasteiger partial charge in [-0.1, -0.05) is 12.1 Å². The van der Waals surface area contributed by atoms with E-state index in [-0.39, 0.29) is 18.3 Å². The van der Waals surface area contributed by atoms with Crippen LogP contribution in [0.25, 0.3) is 11.1 Å². The highest BCUT2D eigenvalue weighted by Gasteiger charge is 2.30. The number of alkyl halides is 1. The largest absolute Gasteiger partial charge is 0.508 e. The lowest BCUT2D eigenvalue weighted by atomic mass is 9.86. The average molecular weight is 482 g/mol. The summed E-state index contributed by atoms with van der Waals surface area (Å²) in [5.41, 5.74) is 3.22. The molecule has 1 fully saturated rings. The topological polar surface area (TPSA) is 41.9 Å². The Balaban J connectivity index is 1.40. The van der Waals surface area contributed by atoms with E-state index in [0.29, 0.717) is 34.8 Å². The summed E-state index contributed by atoms with van der Waals surface area (Å²) in [5.74, 6) is 0.143. The van der Waals surface area contributed by atoms with Crippen molar-refractivity contribution in [2.45, 2.75) is 13.0 Å². The zero-order valence-electron chi connectivity index (χ0n) is 19.3. The van der Waals surface area contributed by atoms with E-state index in [9.17, 15) is 18.3 Å². The minimum Gasteiger partial charge on any atom is -0.508 e. The number of likely N-dealkylation sites (tertiary alicyclic amines) is 1. The Hall–Kier alpha value is -3.45. The number of aromatic hydroxyl groups is 1. The van der Waals surface area contributed by atoms with E-state index in [1.165, 1.54) is 12.1 Å². The number of nitrogens with zero attached hydrogens (tertiary/aromatic N) is 1. The van der Waals surface area contributed by atoms with E-state index in [1.807, 2.05) is 31.2 Å². The number of benzene rings is 3. The first-order chi connectivity index (χ1) is 16.9. The third kappa shape index (κ3) is 4.86. The van der Waals surface area contributed by atoms with Crippen LogP contribution in [-0.4, -0.2) is 42.9 Å². The van der Waals surface area contributed by atoms with Crippen molar-refractivity contribution in [2.75, 3.05) is 32.9 Å². The Morgan fingerprint density at radius 3 is 2.40 bits per heavy atom. The van der Waals surface area contributed by atoms with Crippen LogP contribution < -0.4 is 9.47 Å². The minimum absolute atomic E-state index is 0.0786. The van der Waals surface area contributed by atoms with Gasteiger partial charge < -0.3 is 14.6 Å². The molecular formula is C28H26F3NO3. The van der Waals surface area contributed by atoms with Gasteiger partial charge in [-0.2, -0.15) is 0 Å². The number of halogens is 3. The smallest absolute Gasteiger partial charge is 0.150 e. The monoisotopic (exact) mass is 481 g/mol. The minimum atomic E-state index is -0.676. The highest BCUT2D eigenvalue weighted by Crippen LogP contribution is 2.47. The first kappa shape index (κ1) is 23.3. The van der Waals surface area contributed by atoms with Crippen LogP contribution in [-0.2, 0) is 0 Å². The van der Waals surface area contributed by atoms with E-state index >= 15 is 0 Å². The Kier molecular flexibility index (Phi) is 6.43.